The lowest BCUT2D eigenvalue weighted by Gasteiger charge is -2.29. The molecule has 0 atom stereocenters. The van der Waals surface area contributed by atoms with Crippen molar-refractivity contribution in [2.75, 3.05) is 13.1 Å². The van der Waals surface area contributed by atoms with Gasteiger partial charge >= 0.3 is 6.09 Å². The molecular weight excluding hydrogens is 382 g/mol. The van der Waals surface area contributed by atoms with E-state index in [0.29, 0.717) is 13.1 Å². The van der Waals surface area contributed by atoms with Crippen molar-refractivity contribution in [3.63, 3.8) is 0 Å². The lowest BCUT2D eigenvalue weighted by molar-refractivity contribution is 0.0270. The second kappa shape index (κ2) is 7.67. The van der Waals surface area contributed by atoms with Crippen LogP contribution in [0.25, 0.3) is 16.5 Å². The van der Waals surface area contributed by atoms with Gasteiger partial charge in [0, 0.05) is 53.2 Å². The molecule has 3 heterocycles. The largest absolute Gasteiger partial charge is 0.444 e. The monoisotopic (exact) mass is 409 g/mol. The third-order valence-electron chi connectivity index (χ3n) is 4.97. The minimum absolute atomic E-state index is 0.243. The maximum atomic E-state index is 12.3. The first-order valence-corrected chi connectivity index (χ1v) is 10.8. The fraction of sp³-hybridized carbons (Fsp3) is 0.391. The third kappa shape index (κ3) is 4.53. The summed E-state index contributed by atoms with van der Waals surface area (Å²) in [6, 6.07) is 6.57. The standard InChI is InChI=1S/C23H27N3O2S/c1-15-14-29-21(25-15)12-16-5-6-20-18(11-16)19(13-24-20)17-7-9-26(10-8-17)22(27)28-23(2,3)4/h5-7,11,13-14,24H,8-10,12H2,1-4H3. The van der Waals surface area contributed by atoms with Gasteiger partial charge in [-0.3, -0.25) is 0 Å². The third-order valence-corrected chi connectivity index (χ3v) is 5.94. The number of H-pyrrole nitrogens is 1. The lowest BCUT2D eigenvalue weighted by Crippen LogP contribution is -2.39. The Labute approximate surface area is 175 Å². The van der Waals surface area contributed by atoms with Gasteiger partial charge in [-0.1, -0.05) is 12.1 Å². The first kappa shape index (κ1) is 19.7. The van der Waals surface area contributed by atoms with E-state index in [0.717, 1.165) is 29.1 Å². The number of nitrogens with zero attached hydrogens (tertiary/aromatic N) is 2. The van der Waals surface area contributed by atoms with Crippen LogP contribution in [0.4, 0.5) is 4.79 Å². The molecule has 29 heavy (non-hydrogen) atoms. The molecule has 0 radical (unpaired) electrons. The molecule has 1 aromatic carbocycles. The fourth-order valence-electron chi connectivity index (χ4n) is 3.61. The highest BCUT2D eigenvalue weighted by Crippen LogP contribution is 2.31. The van der Waals surface area contributed by atoms with Crippen LogP contribution in [0.15, 0.2) is 35.9 Å². The van der Waals surface area contributed by atoms with Crippen molar-refractivity contribution >= 4 is 33.9 Å². The SMILES string of the molecule is Cc1csc(Cc2ccc3[nH]cc(C4=CCN(C(=O)OC(C)(C)C)CC4)c3c2)n1. The van der Waals surface area contributed by atoms with Crippen molar-refractivity contribution < 1.29 is 9.53 Å². The summed E-state index contributed by atoms with van der Waals surface area (Å²) >= 11 is 1.71. The van der Waals surface area contributed by atoms with E-state index in [1.54, 1.807) is 16.2 Å². The molecule has 0 aliphatic carbocycles. The Morgan fingerprint density at radius 1 is 1.34 bits per heavy atom. The molecule has 6 heteroatoms. The summed E-state index contributed by atoms with van der Waals surface area (Å²) in [5.41, 5.74) is 5.51. The fourth-order valence-corrected chi connectivity index (χ4v) is 4.41. The van der Waals surface area contributed by atoms with Crippen LogP contribution in [-0.4, -0.2) is 39.7 Å². The smallest absolute Gasteiger partial charge is 0.410 e. The van der Waals surface area contributed by atoms with E-state index in [1.807, 2.05) is 27.7 Å². The average molecular weight is 410 g/mol. The second-order valence-electron chi connectivity index (χ2n) is 8.55. The zero-order chi connectivity index (χ0) is 20.6. The Morgan fingerprint density at radius 3 is 2.83 bits per heavy atom. The quantitative estimate of drug-likeness (QED) is 0.617. The van der Waals surface area contributed by atoms with Crippen molar-refractivity contribution in [2.45, 2.75) is 46.1 Å². The van der Waals surface area contributed by atoms with E-state index in [2.05, 4.69) is 45.8 Å². The van der Waals surface area contributed by atoms with Crippen LogP contribution in [0.2, 0.25) is 0 Å². The molecule has 152 valence electrons. The molecule has 1 N–H and O–H groups in total. The minimum Gasteiger partial charge on any atom is -0.444 e. The number of carbonyl (C=O) groups is 1. The number of benzene rings is 1. The van der Waals surface area contributed by atoms with Crippen LogP contribution in [0.3, 0.4) is 0 Å². The van der Waals surface area contributed by atoms with Gasteiger partial charge in [0.1, 0.15) is 5.60 Å². The first-order valence-electron chi connectivity index (χ1n) is 9.97. The van der Waals surface area contributed by atoms with Crippen LogP contribution in [0.5, 0.6) is 0 Å². The van der Waals surface area contributed by atoms with Crippen molar-refractivity contribution in [1.82, 2.24) is 14.9 Å². The summed E-state index contributed by atoms with van der Waals surface area (Å²) in [6.45, 7) is 8.97. The number of fused-ring (bicyclic) bond motifs is 1. The van der Waals surface area contributed by atoms with Crippen LogP contribution in [0, 0.1) is 6.92 Å². The Hall–Kier alpha value is -2.60. The van der Waals surface area contributed by atoms with Gasteiger partial charge in [-0.25, -0.2) is 9.78 Å². The summed E-state index contributed by atoms with van der Waals surface area (Å²) in [4.78, 5) is 22.0. The highest BCUT2D eigenvalue weighted by Gasteiger charge is 2.24. The van der Waals surface area contributed by atoms with Crippen molar-refractivity contribution in [3.05, 3.63) is 57.7 Å². The Bertz CT molecular complexity index is 1070. The molecule has 0 saturated heterocycles. The summed E-state index contributed by atoms with van der Waals surface area (Å²) in [6.07, 6.45) is 5.66. The van der Waals surface area contributed by atoms with Gasteiger partial charge < -0.3 is 14.6 Å². The molecule has 0 unspecified atom stereocenters. The summed E-state index contributed by atoms with van der Waals surface area (Å²) in [7, 11) is 0. The number of aryl methyl sites for hydroxylation is 1. The minimum atomic E-state index is -0.468. The molecule has 2 aromatic heterocycles. The number of ether oxygens (including phenoxy) is 1. The number of aromatic amines is 1. The molecule has 1 aliphatic heterocycles. The first-order chi connectivity index (χ1) is 13.8. The molecule has 0 bridgehead atoms. The number of rotatable bonds is 3. The molecule has 1 amide bonds. The van der Waals surface area contributed by atoms with E-state index in [9.17, 15) is 4.79 Å². The average Bonchev–Trinajstić information content (AvgIpc) is 3.26. The zero-order valence-corrected chi connectivity index (χ0v) is 18.2. The highest BCUT2D eigenvalue weighted by molar-refractivity contribution is 7.09. The van der Waals surface area contributed by atoms with Crippen molar-refractivity contribution in [2.24, 2.45) is 0 Å². The summed E-state index contributed by atoms with van der Waals surface area (Å²) in [5, 5.41) is 4.47. The Balaban J connectivity index is 1.53. The predicted octanol–water partition coefficient (Wildman–Crippen LogP) is 5.55. The maximum Gasteiger partial charge on any atom is 0.410 e. The van der Waals surface area contributed by atoms with Crippen molar-refractivity contribution in [3.8, 4) is 0 Å². The molecule has 0 saturated carbocycles. The number of thiazole rings is 1. The number of nitrogens with one attached hydrogen (secondary N) is 1. The number of carbonyl (C=O) groups excluding carboxylic acids is 1. The molecule has 0 spiro atoms. The predicted molar refractivity (Wildman–Crippen MR) is 118 cm³/mol. The summed E-state index contributed by atoms with van der Waals surface area (Å²) in [5.74, 6) is 0. The van der Waals surface area contributed by atoms with E-state index >= 15 is 0 Å². The van der Waals surface area contributed by atoms with E-state index < -0.39 is 5.60 Å². The van der Waals surface area contributed by atoms with Gasteiger partial charge in [-0.05, 0) is 57.4 Å². The Kier molecular flexibility index (Phi) is 5.21. The van der Waals surface area contributed by atoms with E-state index in [-0.39, 0.29) is 6.09 Å². The molecule has 1 aliphatic rings. The van der Waals surface area contributed by atoms with Gasteiger partial charge in [0.25, 0.3) is 0 Å². The molecule has 5 nitrogen and oxygen atoms in total. The van der Waals surface area contributed by atoms with Crippen molar-refractivity contribution in [1.29, 1.82) is 0 Å². The van der Waals surface area contributed by atoms with Gasteiger partial charge in [0.2, 0.25) is 0 Å². The Morgan fingerprint density at radius 2 is 2.17 bits per heavy atom. The normalized spacial score (nSPS) is 14.9. The number of hydrogen-bond acceptors (Lipinski definition) is 4. The molecular formula is C23H27N3O2S. The number of amides is 1. The van der Waals surface area contributed by atoms with Gasteiger partial charge in [0.15, 0.2) is 0 Å². The number of hydrogen-bond donors (Lipinski definition) is 1. The highest BCUT2D eigenvalue weighted by atomic mass is 32.1. The van der Waals surface area contributed by atoms with Gasteiger partial charge in [-0.15, -0.1) is 11.3 Å². The zero-order valence-electron chi connectivity index (χ0n) is 17.4. The maximum absolute atomic E-state index is 12.3. The van der Waals surface area contributed by atoms with Crippen LogP contribution in [0.1, 0.15) is 49.0 Å². The van der Waals surface area contributed by atoms with E-state index in [1.165, 1.54) is 22.1 Å². The van der Waals surface area contributed by atoms with Crippen LogP contribution < -0.4 is 0 Å². The molecule has 3 aromatic rings. The van der Waals surface area contributed by atoms with Gasteiger partial charge in [-0.2, -0.15) is 0 Å². The summed E-state index contributed by atoms with van der Waals surface area (Å²) < 4.78 is 5.49. The molecule has 4 rings (SSSR count). The van der Waals surface area contributed by atoms with Gasteiger partial charge in [0.05, 0.1) is 5.01 Å². The van der Waals surface area contributed by atoms with Crippen LogP contribution in [-0.2, 0) is 11.2 Å². The lowest BCUT2D eigenvalue weighted by atomic mass is 9.97. The number of aromatic nitrogens is 2. The molecule has 0 fully saturated rings. The second-order valence-corrected chi connectivity index (χ2v) is 9.49. The topological polar surface area (TPSA) is 58.2 Å². The van der Waals surface area contributed by atoms with E-state index in [4.69, 9.17) is 4.74 Å². The van der Waals surface area contributed by atoms with Crippen LogP contribution >= 0.6 is 11.3 Å².